The first kappa shape index (κ1) is 38.8. The van der Waals surface area contributed by atoms with E-state index in [0.717, 1.165) is 42.1 Å². The molecule has 1 heterocycles. The maximum atomic E-state index is 9.03. The van der Waals surface area contributed by atoms with Gasteiger partial charge >= 0.3 is 0 Å². The van der Waals surface area contributed by atoms with Gasteiger partial charge in [-0.2, -0.15) is 0 Å². The third-order valence-electron chi connectivity index (χ3n) is 9.09. The van der Waals surface area contributed by atoms with E-state index in [-0.39, 0.29) is 1.43 Å². The van der Waals surface area contributed by atoms with Gasteiger partial charge in [0.25, 0.3) is 0 Å². The Hall–Kier alpha value is -2.41. The average molecular weight is 627 g/mol. The normalized spacial score (nSPS) is 16.2. The maximum absolute atomic E-state index is 9.03. The van der Waals surface area contributed by atoms with Crippen LogP contribution in [0, 0.1) is 11.8 Å². The zero-order valence-corrected chi connectivity index (χ0v) is 28.8. The number of allylic oxidation sites excluding steroid dienone is 3. The van der Waals surface area contributed by atoms with E-state index < -0.39 is 0 Å². The molecule has 6 nitrogen and oxygen atoms in total. The average Bonchev–Trinajstić information content (AvgIpc) is 3.07. The Kier molecular flexibility index (Phi) is 22.2. The number of ether oxygens (including phenoxy) is 2. The molecule has 0 saturated carbocycles. The fourth-order valence-electron chi connectivity index (χ4n) is 6.25. The number of nitrogens with one attached hydrogen (secondary N) is 1. The lowest BCUT2D eigenvalue weighted by atomic mass is 9.81. The lowest BCUT2D eigenvalue weighted by molar-refractivity contribution is 0.131. The Morgan fingerprint density at radius 2 is 1.33 bits per heavy atom. The van der Waals surface area contributed by atoms with Gasteiger partial charge in [0.1, 0.15) is 0 Å². The molecular weight excluding hydrogens is 560 g/mol. The van der Waals surface area contributed by atoms with Crippen molar-refractivity contribution in [1.29, 1.82) is 0 Å². The summed E-state index contributed by atoms with van der Waals surface area (Å²) in [7, 11) is 3.27. The number of hydrogen-bond acceptors (Lipinski definition) is 6. The van der Waals surface area contributed by atoms with Crippen molar-refractivity contribution < 1.29 is 21.2 Å². The van der Waals surface area contributed by atoms with E-state index in [1.807, 2.05) is 24.4 Å². The number of methoxy groups -OCH3 is 2. The lowest BCUT2D eigenvalue weighted by Crippen LogP contribution is -2.27. The number of aliphatic hydroxyl groups is 1. The number of unbranched alkanes of at least 4 members (excludes halogenated alkanes) is 15. The number of pyridine rings is 1. The molecule has 0 aliphatic heterocycles. The summed E-state index contributed by atoms with van der Waals surface area (Å²) in [6.07, 6.45) is 35.9. The van der Waals surface area contributed by atoms with Crippen molar-refractivity contribution in [3.8, 4) is 11.5 Å². The monoisotopic (exact) mass is 627 g/mol. The molecule has 0 amide bonds. The molecule has 1 aromatic carbocycles. The highest BCUT2D eigenvalue weighted by atomic mass is 16.5. The van der Waals surface area contributed by atoms with Crippen molar-refractivity contribution in [2.75, 3.05) is 27.4 Å². The molecule has 1 aliphatic rings. The molecule has 3 rings (SSSR count). The van der Waals surface area contributed by atoms with E-state index >= 15 is 0 Å². The van der Waals surface area contributed by atoms with Crippen molar-refractivity contribution in [1.82, 2.24) is 10.5 Å². The van der Waals surface area contributed by atoms with Crippen LogP contribution in [0.4, 0.5) is 0 Å². The lowest BCUT2D eigenvalue weighted by Gasteiger charge is -2.27. The Morgan fingerprint density at radius 1 is 0.800 bits per heavy atom. The van der Waals surface area contributed by atoms with E-state index in [9.17, 15) is 0 Å². The zero-order chi connectivity index (χ0) is 32.4. The summed E-state index contributed by atoms with van der Waals surface area (Å²) >= 11 is 0. The second-order valence-corrected chi connectivity index (χ2v) is 12.6. The topological polar surface area (TPSA) is 83.8 Å². The fraction of sp³-hybridized carbons (Fsp3) is 0.667. The van der Waals surface area contributed by atoms with Gasteiger partial charge < -0.3 is 19.8 Å². The minimum absolute atomic E-state index is 0. The van der Waals surface area contributed by atoms with E-state index in [1.165, 1.54) is 96.3 Å². The molecule has 2 unspecified atom stereocenters. The van der Waals surface area contributed by atoms with Gasteiger partial charge in [0.2, 0.25) is 0 Å². The summed E-state index contributed by atoms with van der Waals surface area (Å²) in [6, 6.07) is 5.89. The van der Waals surface area contributed by atoms with E-state index in [4.69, 9.17) is 19.8 Å². The minimum atomic E-state index is 0. The summed E-state index contributed by atoms with van der Waals surface area (Å²) in [6.45, 7) is 3.29. The molecule has 256 valence electrons. The first-order chi connectivity index (χ1) is 22.2. The highest BCUT2D eigenvalue weighted by Gasteiger charge is 2.20. The van der Waals surface area contributed by atoms with Crippen molar-refractivity contribution >= 4 is 17.0 Å². The van der Waals surface area contributed by atoms with Crippen LogP contribution in [0.2, 0.25) is 0 Å². The smallest absolute Gasteiger partial charge is 0.162 e. The quantitative estimate of drug-likeness (QED) is 0.0646. The van der Waals surface area contributed by atoms with E-state index in [1.54, 1.807) is 14.2 Å². The summed E-state index contributed by atoms with van der Waals surface area (Å²) in [5, 5.41) is 18.7. The van der Waals surface area contributed by atoms with Crippen LogP contribution in [0.3, 0.4) is 0 Å². The van der Waals surface area contributed by atoms with Crippen molar-refractivity contribution in [2.24, 2.45) is 11.8 Å². The molecule has 6 heteroatoms. The molecule has 0 fully saturated rings. The molecule has 0 spiro atoms. The second kappa shape index (κ2) is 25.7. The van der Waals surface area contributed by atoms with Gasteiger partial charge in [-0.3, -0.25) is 4.98 Å². The molecule has 0 radical (unpaired) electrons. The molecule has 0 saturated heterocycles. The number of nitrogens with zero attached hydrogens (tertiary/aromatic N) is 1. The van der Waals surface area contributed by atoms with Crippen LogP contribution in [-0.4, -0.2) is 42.7 Å². The first-order valence-corrected chi connectivity index (χ1v) is 18.0. The van der Waals surface area contributed by atoms with Crippen molar-refractivity contribution in [3.63, 3.8) is 0 Å². The van der Waals surface area contributed by atoms with Gasteiger partial charge in [0.05, 0.1) is 19.7 Å². The van der Waals surface area contributed by atoms with E-state index in [0.29, 0.717) is 36.5 Å². The third-order valence-corrected chi connectivity index (χ3v) is 9.09. The Bertz CT molecular complexity index is 1060. The number of rotatable bonds is 23. The van der Waals surface area contributed by atoms with Gasteiger partial charge in [0, 0.05) is 32.2 Å². The van der Waals surface area contributed by atoms with E-state index in [2.05, 4.69) is 41.7 Å². The van der Waals surface area contributed by atoms with Crippen LogP contribution in [0.1, 0.15) is 136 Å². The number of aromatic nitrogens is 1. The third kappa shape index (κ3) is 16.1. The largest absolute Gasteiger partial charge is 0.493 e. The van der Waals surface area contributed by atoms with Crippen LogP contribution >= 0.6 is 0 Å². The number of fused-ring (bicyclic) bond motifs is 1. The first-order valence-electron chi connectivity index (χ1n) is 18.0. The van der Waals surface area contributed by atoms with Crippen LogP contribution in [-0.2, 0) is 0 Å². The standard InChI is InChI=1S/C21H26N2O3.C18H38O.H2/c1-25-20-12-18-16(10-11-22-19(18)13-21(20)26-2)9-5-8-15-6-3-4-7-17(15)14-23-24;1-2-3-4-5-6-7-8-9-10-11-12-13-14-15-16-17-18-19;/h3-5,9-13,15,17,23-24H,6-8,14H2,1-2H3;19H,2-18H2,1H3;1H/b9-5-;;. The molecule has 2 aromatic rings. The molecule has 1 aliphatic carbocycles. The highest BCUT2D eigenvalue weighted by Crippen LogP contribution is 2.33. The Balaban J connectivity index is 0.000000475. The number of aliphatic hydroxyl groups excluding tert-OH is 1. The summed E-state index contributed by atoms with van der Waals surface area (Å²) in [5.74, 6) is 2.39. The maximum Gasteiger partial charge on any atom is 0.162 e. The minimum Gasteiger partial charge on any atom is -0.493 e. The summed E-state index contributed by atoms with van der Waals surface area (Å²) in [5.41, 5.74) is 4.32. The Morgan fingerprint density at radius 3 is 1.87 bits per heavy atom. The number of hydroxylamine groups is 1. The van der Waals surface area contributed by atoms with Crippen molar-refractivity contribution in [2.45, 2.75) is 129 Å². The van der Waals surface area contributed by atoms with Gasteiger partial charge in [-0.15, -0.1) is 0 Å². The van der Waals surface area contributed by atoms with Gasteiger partial charge in [0.15, 0.2) is 11.5 Å². The number of hydrogen-bond donors (Lipinski definition) is 3. The SMILES string of the molecule is CCCCCCCCCCCCCCCCCCO.COc1cc2nccc(/C=C\CC3CC=CCC3CNO)c2cc1OC.[HH]. The van der Waals surface area contributed by atoms with Crippen LogP contribution < -0.4 is 15.0 Å². The van der Waals surface area contributed by atoms with Crippen LogP contribution in [0.5, 0.6) is 11.5 Å². The van der Waals surface area contributed by atoms with Gasteiger partial charge in [-0.1, -0.05) is 128 Å². The highest BCUT2D eigenvalue weighted by molar-refractivity contribution is 5.90. The van der Waals surface area contributed by atoms with Crippen LogP contribution in [0.15, 0.2) is 42.6 Å². The fourth-order valence-corrected chi connectivity index (χ4v) is 6.25. The van der Waals surface area contributed by atoms with Gasteiger partial charge in [-0.25, -0.2) is 5.48 Å². The predicted octanol–water partition coefficient (Wildman–Crippen LogP) is 10.7. The summed E-state index contributed by atoms with van der Waals surface area (Å²) < 4.78 is 10.8. The zero-order valence-electron chi connectivity index (χ0n) is 28.8. The Labute approximate surface area is 276 Å². The summed E-state index contributed by atoms with van der Waals surface area (Å²) in [4.78, 5) is 4.45. The molecule has 1 aromatic heterocycles. The van der Waals surface area contributed by atoms with Gasteiger partial charge in [-0.05, 0) is 55.2 Å². The molecule has 0 bridgehead atoms. The molecule has 3 N–H and O–H groups in total. The molecular formula is C39H66N2O4. The molecule has 2 atom stereocenters. The molecule has 45 heavy (non-hydrogen) atoms. The van der Waals surface area contributed by atoms with Crippen LogP contribution in [0.25, 0.3) is 17.0 Å². The van der Waals surface area contributed by atoms with Crippen molar-refractivity contribution in [3.05, 3.63) is 48.2 Å². The predicted molar refractivity (Wildman–Crippen MR) is 192 cm³/mol. The number of benzene rings is 1. The second-order valence-electron chi connectivity index (χ2n) is 12.6.